The van der Waals surface area contributed by atoms with Gasteiger partial charge in [-0.25, -0.2) is 4.79 Å². The van der Waals surface area contributed by atoms with Gasteiger partial charge < -0.3 is 16.0 Å². The summed E-state index contributed by atoms with van der Waals surface area (Å²) in [6.07, 6.45) is 0. The molecule has 1 saturated heterocycles. The zero-order chi connectivity index (χ0) is 10.9. The lowest BCUT2D eigenvalue weighted by Gasteiger charge is -2.27. The Morgan fingerprint density at radius 3 is 2.57 bits per heavy atom. The van der Waals surface area contributed by atoms with Crippen molar-refractivity contribution in [3.63, 3.8) is 0 Å². The first kappa shape index (κ1) is 11.3. The van der Waals surface area contributed by atoms with Crippen LogP contribution in [0.5, 0.6) is 0 Å². The molecule has 2 unspecified atom stereocenters. The average Bonchev–Trinajstić information content (AvgIpc) is 2.45. The van der Waals surface area contributed by atoms with Crippen molar-refractivity contribution in [2.45, 2.75) is 39.8 Å². The Morgan fingerprint density at radius 1 is 1.64 bits per heavy atom. The van der Waals surface area contributed by atoms with Crippen LogP contribution in [0.3, 0.4) is 0 Å². The molecule has 1 aliphatic rings. The van der Waals surface area contributed by atoms with E-state index in [4.69, 9.17) is 5.73 Å². The molecule has 0 aromatic carbocycles. The van der Waals surface area contributed by atoms with Crippen molar-refractivity contribution in [2.24, 2.45) is 11.1 Å². The minimum absolute atomic E-state index is 0.0166. The highest BCUT2D eigenvalue weighted by Crippen LogP contribution is 2.24. The second kappa shape index (κ2) is 3.77. The van der Waals surface area contributed by atoms with Crippen LogP contribution in [0.2, 0.25) is 0 Å². The fourth-order valence-corrected chi connectivity index (χ4v) is 1.55. The van der Waals surface area contributed by atoms with Gasteiger partial charge in [0.1, 0.15) is 0 Å². The molecule has 3 N–H and O–H groups in total. The van der Waals surface area contributed by atoms with E-state index in [1.54, 1.807) is 0 Å². The molecule has 4 nitrogen and oxygen atoms in total. The highest BCUT2D eigenvalue weighted by molar-refractivity contribution is 5.77. The molecular formula is C10H21N3O. The third-order valence-electron chi connectivity index (χ3n) is 2.86. The molecule has 2 amide bonds. The first-order chi connectivity index (χ1) is 6.36. The van der Waals surface area contributed by atoms with E-state index in [1.165, 1.54) is 0 Å². The number of carbonyl (C=O) groups excluding carboxylic acids is 1. The summed E-state index contributed by atoms with van der Waals surface area (Å²) >= 11 is 0. The fourth-order valence-electron chi connectivity index (χ4n) is 1.55. The Labute approximate surface area is 85.8 Å². The molecule has 2 atom stereocenters. The van der Waals surface area contributed by atoms with Crippen LogP contribution in [0.15, 0.2) is 0 Å². The van der Waals surface area contributed by atoms with Crippen LogP contribution in [0.25, 0.3) is 0 Å². The molecule has 1 rings (SSSR count). The molecule has 1 aliphatic heterocycles. The number of hydrogen-bond acceptors (Lipinski definition) is 2. The van der Waals surface area contributed by atoms with Gasteiger partial charge in [0.15, 0.2) is 0 Å². The summed E-state index contributed by atoms with van der Waals surface area (Å²) in [6, 6.07) is 0.370. The molecule has 4 heteroatoms. The summed E-state index contributed by atoms with van der Waals surface area (Å²) in [4.78, 5) is 13.4. The molecule has 0 aliphatic carbocycles. The highest BCUT2D eigenvalue weighted by Gasteiger charge is 2.37. The zero-order valence-corrected chi connectivity index (χ0v) is 9.50. The number of rotatable bonds is 2. The van der Waals surface area contributed by atoms with Gasteiger partial charge in [0, 0.05) is 19.1 Å². The molecule has 1 heterocycles. The molecule has 1 fully saturated rings. The standard InChI is InChI=1S/C10H21N3O/c1-7(5-11)13-6-8(10(2,3)4)12-9(13)14/h7-8H,5-6,11H2,1-4H3,(H,12,14). The van der Waals surface area contributed by atoms with Crippen LogP contribution in [-0.2, 0) is 0 Å². The first-order valence-electron chi connectivity index (χ1n) is 5.13. The maximum absolute atomic E-state index is 11.6. The Bertz CT molecular complexity index is 222. The molecule has 14 heavy (non-hydrogen) atoms. The van der Waals surface area contributed by atoms with Crippen molar-refractivity contribution in [2.75, 3.05) is 13.1 Å². The highest BCUT2D eigenvalue weighted by atomic mass is 16.2. The summed E-state index contributed by atoms with van der Waals surface area (Å²) in [5.74, 6) is 0. The third-order valence-corrected chi connectivity index (χ3v) is 2.86. The van der Waals surface area contributed by atoms with Crippen LogP contribution in [0.4, 0.5) is 4.79 Å². The van der Waals surface area contributed by atoms with E-state index in [0.717, 1.165) is 6.54 Å². The van der Waals surface area contributed by atoms with Crippen LogP contribution in [-0.4, -0.2) is 36.1 Å². The van der Waals surface area contributed by atoms with Crippen molar-refractivity contribution >= 4 is 6.03 Å². The van der Waals surface area contributed by atoms with E-state index in [2.05, 4.69) is 26.1 Å². The van der Waals surface area contributed by atoms with E-state index < -0.39 is 0 Å². The second-order valence-electron chi connectivity index (χ2n) is 5.11. The SMILES string of the molecule is CC(CN)N1CC(C(C)(C)C)NC1=O. The number of nitrogens with two attached hydrogens (primary N) is 1. The number of urea groups is 1. The number of nitrogens with one attached hydrogen (secondary N) is 1. The van der Waals surface area contributed by atoms with Gasteiger partial charge in [-0.3, -0.25) is 0 Å². The smallest absolute Gasteiger partial charge is 0.318 e. The predicted molar refractivity (Wildman–Crippen MR) is 57.0 cm³/mol. The number of amides is 2. The van der Waals surface area contributed by atoms with Crippen LogP contribution >= 0.6 is 0 Å². The number of nitrogens with zero attached hydrogens (tertiary/aromatic N) is 1. The van der Waals surface area contributed by atoms with Gasteiger partial charge in [0.25, 0.3) is 0 Å². The lowest BCUT2D eigenvalue weighted by molar-refractivity contribution is 0.202. The van der Waals surface area contributed by atoms with E-state index >= 15 is 0 Å². The van der Waals surface area contributed by atoms with Gasteiger partial charge in [0.05, 0.1) is 6.04 Å². The van der Waals surface area contributed by atoms with E-state index in [1.807, 2.05) is 11.8 Å². The van der Waals surface area contributed by atoms with Crippen LogP contribution < -0.4 is 11.1 Å². The lowest BCUT2D eigenvalue weighted by atomic mass is 9.87. The zero-order valence-electron chi connectivity index (χ0n) is 9.50. The fraction of sp³-hybridized carbons (Fsp3) is 0.900. The van der Waals surface area contributed by atoms with Gasteiger partial charge in [-0.1, -0.05) is 20.8 Å². The van der Waals surface area contributed by atoms with Crippen molar-refractivity contribution in [3.05, 3.63) is 0 Å². The normalized spacial score (nSPS) is 25.1. The number of carbonyl (C=O) groups is 1. The topological polar surface area (TPSA) is 58.4 Å². The molecule has 0 aromatic rings. The van der Waals surface area contributed by atoms with E-state index in [9.17, 15) is 4.79 Å². The second-order valence-corrected chi connectivity index (χ2v) is 5.11. The minimum atomic E-state index is 0.0166. The van der Waals surface area contributed by atoms with Gasteiger partial charge in [-0.2, -0.15) is 0 Å². The Morgan fingerprint density at radius 2 is 2.21 bits per heavy atom. The maximum atomic E-state index is 11.6. The first-order valence-corrected chi connectivity index (χ1v) is 5.13. The molecule has 0 spiro atoms. The summed E-state index contributed by atoms with van der Waals surface area (Å²) in [6.45, 7) is 9.66. The van der Waals surface area contributed by atoms with E-state index in [-0.39, 0.29) is 23.5 Å². The molecule has 0 aromatic heterocycles. The Balaban J connectivity index is 2.65. The van der Waals surface area contributed by atoms with Crippen LogP contribution in [0.1, 0.15) is 27.7 Å². The average molecular weight is 199 g/mol. The Kier molecular flexibility index (Phi) is 3.04. The van der Waals surface area contributed by atoms with E-state index in [0.29, 0.717) is 6.54 Å². The monoisotopic (exact) mass is 199 g/mol. The van der Waals surface area contributed by atoms with Crippen molar-refractivity contribution in [1.82, 2.24) is 10.2 Å². The maximum Gasteiger partial charge on any atom is 0.318 e. The number of hydrogen-bond donors (Lipinski definition) is 2. The lowest BCUT2D eigenvalue weighted by Crippen LogP contribution is -2.40. The van der Waals surface area contributed by atoms with Gasteiger partial charge in [-0.05, 0) is 12.3 Å². The van der Waals surface area contributed by atoms with Crippen LogP contribution in [0, 0.1) is 5.41 Å². The van der Waals surface area contributed by atoms with Gasteiger partial charge in [0.2, 0.25) is 0 Å². The predicted octanol–water partition coefficient (Wildman–Crippen LogP) is 0.773. The molecule has 0 radical (unpaired) electrons. The molecule has 82 valence electrons. The van der Waals surface area contributed by atoms with Gasteiger partial charge >= 0.3 is 6.03 Å². The summed E-state index contributed by atoms with van der Waals surface area (Å²) in [5.41, 5.74) is 5.66. The third kappa shape index (κ3) is 2.18. The van der Waals surface area contributed by atoms with Crippen molar-refractivity contribution < 1.29 is 4.79 Å². The summed E-state index contributed by atoms with van der Waals surface area (Å²) in [7, 11) is 0. The molecule has 0 saturated carbocycles. The van der Waals surface area contributed by atoms with Crippen molar-refractivity contribution in [3.8, 4) is 0 Å². The Hall–Kier alpha value is -0.770. The molecule has 0 bridgehead atoms. The molecular weight excluding hydrogens is 178 g/mol. The quantitative estimate of drug-likeness (QED) is 0.690. The summed E-state index contributed by atoms with van der Waals surface area (Å²) < 4.78 is 0. The summed E-state index contributed by atoms with van der Waals surface area (Å²) in [5, 5.41) is 2.99. The largest absolute Gasteiger partial charge is 0.333 e. The van der Waals surface area contributed by atoms with Gasteiger partial charge in [-0.15, -0.1) is 0 Å². The van der Waals surface area contributed by atoms with Crippen molar-refractivity contribution in [1.29, 1.82) is 0 Å². The minimum Gasteiger partial charge on any atom is -0.333 e.